The van der Waals surface area contributed by atoms with Gasteiger partial charge in [-0.3, -0.25) is 4.68 Å². The molecule has 0 spiro atoms. The molecule has 2 rings (SSSR count). The van der Waals surface area contributed by atoms with Crippen LogP contribution in [0.3, 0.4) is 0 Å². The van der Waals surface area contributed by atoms with Crippen LogP contribution in [0.25, 0.3) is 0 Å². The van der Waals surface area contributed by atoms with Crippen molar-refractivity contribution in [3.05, 3.63) is 47.0 Å². The summed E-state index contributed by atoms with van der Waals surface area (Å²) in [7, 11) is 0. The van der Waals surface area contributed by atoms with Crippen molar-refractivity contribution in [3.63, 3.8) is 0 Å². The average molecular weight is 261 g/mol. The van der Waals surface area contributed by atoms with Gasteiger partial charge >= 0.3 is 0 Å². The Hall–Kier alpha value is -1.84. The number of benzene rings is 1. The van der Waals surface area contributed by atoms with Gasteiger partial charge in [-0.1, -0.05) is 13.0 Å². The maximum Gasteiger partial charge on any atom is 0.146 e. The minimum atomic E-state index is -0.219. The van der Waals surface area contributed by atoms with Gasteiger partial charge in [-0.25, -0.2) is 4.39 Å². The zero-order valence-electron chi connectivity index (χ0n) is 11.7. The van der Waals surface area contributed by atoms with Gasteiger partial charge in [0.15, 0.2) is 0 Å². The first-order valence-electron chi connectivity index (χ1n) is 6.69. The Morgan fingerprint density at radius 1 is 1.26 bits per heavy atom. The van der Waals surface area contributed by atoms with E-state index in [-0.39, 0.29) is 5.82 Å². The highest BCUT2D eigenvalue weighted by molar-refractivity contribution is 5.47. The monoisotopic (exact) mass is 261 g/mol. The number of rotatable bonds is 5. The molecule has 0 unspecified atom stereocenters. The molecule has 1 heterocycles. The number of hydrogen-bond acceptors (Lipinski definition) is 2. The van der Waals surface area contributed by atoms with Crippen LogP contribution in [0.4, 0.5) is 10.1 Å². The molecule has 0 atom stereocenters. The lowest BCUT2D eigenvalue weighted by Crippen LogP contribution is -2.08. The molecule has 0 aliphatic carbocycles. The largest absolute Gasteiger partial charge is 0.377 e. The summed E-state index contributed by atoms with van der Waals surface area (Å²) in [6.45, 7) is 7.51. The van der Waals surface area contributed by atoms with Gasteiger partial charge in [-0.05, 0) is 44.0 Å². The molecule has 1 N–H and O–H groups in total. The van der Waals surface area contributed by atoms with Crippen molar-refractivity contribution in [1.82, 2.24) is 9.78 Å². The van der Waals surface area contributed by atoms with Gasteiger partial charge in [0.05, 0.1) is 23.6 Å². The summed E-state index contributed by atoms with van der Waals surface area (Å²) in [6, 6.07) is 7.16. The van der Waals surface area contributed by atoms with Gasteiger partial charge in [0, 0.05) is 6.54 Å². The molecular formula is C15H20FN3. The fraction of sp³-hybridized carbons (Fsp3) is 0.400. The second-order valence-electron chi connectivity index (χ2n) is 4.63. The van der Waals surface area contributed by atoms with E-state index in [2.05, 4.69) is 30.3 Å². The van der Waals surface area contributed by atoms with Gasteiger partial charge in [0.2, 0.25) is 0 Å². The van der Waals surface area contributed by atoms with E-state index in [1.165, 1.54) is 6.07 Å². The number of nitrogens with zero attached hydrogens (tertiary/aromatic N) is 2. The third-order valence-electron chi connectivity index (χ3n) is 3.16. The Balaban J connectivity index is 2.13. The zero-order valence-corrected chi connectivity index (χ0v) is 11.7. The number of nitrogens with one attached hydrogen (secondary N) is 1. The SMILES string of the molecule is CCc1cc(CNc2cc(C)ccc2F)n(CC)n1. The summed E-state index contributed by atoms with van der Waals surface area (Å²) < 4.78 is 15.6. The summed E-state index contributed by atoms with van der Waals surface area (Å²) in [5, 5.41) is 7.63. The Labute approximate surface area is 113 Å². The van der Waals surface area contributed by atoms with Gasteiger partial charge < -0.3 is 5.32 Å². The fourth-order valence-electron chi connectivity index (χ4n) is 2.06. The van der Waals surface area contributed by atoms with Crippen LogP contribution in [-0.2, 0) is 19.5 Å². The smallest absolute Gasteiger partial charge is 0.146 e. The van der Waals surface area contributed by atoms with Gasteiger partial charge in [0.25, 0.3) is 0 Å². The topological polar surface area (TPSA) is 29.9 Å². The molecule has 19 heavy (non-hydrogen) atoms. The molecule has 102 valence electrons. The quantitative estimate of drug-likeness (QED) is 0.892. The van der Waals surface area contributed by atoms with Crippen molar-refractivity contribution >= 4 is 5.69 Å². The molecular weight excluding hydrogens is 241 g/mol. The van der Waals surface area contributed by atoms with Crippen molar-refractivity contribution < 1.29 is 4.39 Å². The highest BCUT2D eigenvalue weighted by atomic mass is 19.1. The van der Waals surface area contributed by atoms with E-state index < -0.39 is 0 Å². The van der Waals surface area contributed by atoms with E-state index >= 15 is 0 Å². The van der Waals surface area contributed by atoms with Gasteiger partial charge in [-0.2, -0.15) is 5.10 Å². The summed E-state index contributed by atoms with van der Waals surface area (Å²) in [5.74, 6) is -0.219. The molecule has 0 aliphatic rings. The van der Waals surface area contributed by atoms with E-state index in [1.54, 1.807) is 6.07 Å². The molecule has 0 amide bonds. The molecule has 0 aliphatic heterocycles. The normalized spacial score (nSPS) is 10.7. The lowest BCUT2D eigenvalue weighted by Gasteiger charge is -2.09. The Morgan fingerprint density at radius 3 is 2.74 bits per heavy atom. The van der Waals surface area contributed by atoms with Crippen LogP contribution in [-0.4, -0.2) is 9.78 Å². The van der Waals surface area contributed by atoms with Crippen LogP contribution in [0, 0.1) is 12.7 Å². The van der Waals surface area contributed by atoms with Crippen LogP contribution in [0.1, 0.15) is 30.8 Å². The predicted molar refractivity (Wildman–Crippen MR) is 75.7 cm³/mol. The summed E-state index contributed by atoms with van der Waals surface area (Å²) in [5.41, 5.74) is 3.74. The fourth-order valence-corrected chi connectivity index (χ4v) is 2.06. The first-order chi connectivity index (χ1) is 9.13. The molecule has 0 bridgehead atoms. The maximum atomic E-state index is 13.6. The van der Waals surface area contributed by atoms with E-state index in [9.17, 15) is 4.39 Å². The van der Waals surface area contributed by atoms with Crippen molar-refractivity contribution in [2.24, 2.45) is 0 Å². The van der Waals surface area contributed by atoms with E-state index in [4.69, 9.17) is 0 Å². The highest BCUT2D eigenvalue weighted by Crippen LogP contribution is 2.17. The Bertz CT molecular complexity index is 561. The standard InChI is InChI=1S/C15H20FN3/c1-4-12-9-13(19(5-2)18-12)10-17-15-8-11(3)6-7-14(15)16/h6-9,17H,4-5,10H2,1-3H3. The number of aryl methyl sites for hydroxylation is 3. The zero-order chi connectivity index (χ0) is 13.8. The van der Waals surface area contributed by atoms with E-state index in [0.29, 0.717) is 12.2 Å². The second kappa shape index (κ2) is 5.87. The molecule has 2 aromatic rings. The molecule has 3 nitrogen and oxygen atoms in total. The number of halogens is 1. The summed E-state index contributed by atoms with van der Waals surface area (Å²) in [6.07, 6.45) is 0.915. The van der Waals surface area contributed by atoms with Crippen LogP contribution >= 0.6 is 0 Å². The Kier molecular flexibility index (Phi) is 4.20. The van der Waals surface area contributed by atoms with Crippen molar-refractivity contribution in [2.75, 3.05) is 5.32 Å². The van der Waals surface area contributed by atoms with Crippen LogP contribution in [0.5, 0.6) is 0 Å². The molecule has 0 fully saturated rings. The lowest BCUT2D eigenvalue weighted by atomic mass is 10.2. The maximum absolute atomic E-state index is 13.6. The lowest BCUT2D eigenvalue weighted by molar-refractivity contribution is 0.614. The average Bonchev–Trinajstić information content (AvgIpc) is 2.82. The molecule has 0 saturated carbocycles. The van der Waals surface area contributed by atoms with Gasteiger partial charge in [-0.15, -0.1) is 0 Å². The molecule has 0 saturated heterocycles. The Morgan fingerprint density at radius 2 is 2.05 bits per heavy atom. The van der Waals surface area contributed by atoms with Crippen molar-refractivity contribution in [3.8, 4) is 0 Å². The third-order valence-corrected chi connectivity index (χ3v) is 3.16. The molecule has 1 aromatic heterocycles. The van der Waals surface area contributed by atoms with E-state index in [1.807, 2.05) is 17.7 Å². The summed E-state index contributed by atoms with van der Waals surface area (Å²) >= 11 is 0. The second-order valence-corrected chi connectivity index (χ2v) is 4.63. The van der Waals surface area contributed by atoms with Crippen LogP contribution in [0.2, 0.25) is 0 Å². The number of aromatic nitrogens is 2. The molecule has 0 radical (unpaired) electrons. The minimum absolute atomic E-state index is 0.219. The molecule has 1 aromatic carbocycles. The van der Waals surface area contributed by atoms with Gasteiger partial charge in [0.1, 0.15) is 5.82 Å². The number of hydrogen-bond donors (Lipinski definition) is 1. The summed E-state index contributed by atoms with van der Waals surface area (Å²) in [4.78, 5) is 0. The predicted octanol–water partition coefficient (Wildman–Crippen LogP) is 3.53. The van der Waals surface area contributed by atoms with Crippen LogP contribution in [0.15, 0.2) is 24.3 Å². The first kappa shape index (κ1) is 13.6. The number of anilines is 1. The van der Waals surface area contributed by atoms with E-state index in [0.717, 1.165) is 29.9 Å². The van der Waals surface area contributed by atoms with Crippen molar-refractivity contribution in [1.29, 1.82) is 0 Å². The minimum Gasteiger partial charge on any atom is -0.377 e. The first-order valence-corrected chi connectivity index (χ1v) is 6.69. The third kappa shape index (κ3) is 3.13. The van der Waals surface area contributed by atoms with Crippen molar-refractivity contribution in [2.45, 2.75) is 40.3 Å². The highest BCUT2D eigenvalue weighted by Gasteiger charge is 2.07. The van der Waals surface area contributed by atoms with Crippen LogP contribution < -0.4 is 5.32 Å². The molecule has 4 heteroatoms.